The molecule has 1 aliphatic rings. The van der Waals surface area contributed by atoms with E-state index >= 15 is 0 Å². The quantitative estimate of drug-likeness (QED) is 0.736. The molecule has 0 radical (unpaired) electrons. The Kier molecular flexibility index (Phi) is 3.75. The van der Waals surface area contributed by atoms with Crippen LogP contribution in [0.1, 0.15) is 25.5 Å². The second kappa shape index (κ2) is 4.63. The molecule has 0 aliphatic carbocycles. The van der Waals surface area contributed by atoms with Crippen LogP contribution in [0, 0.1) is 0 Å². The molecule has 1 aromatic rings. The molecule has 0 spiro atoms. The molecule has 1 aliphatic heterocycles. The van der Waals surface area contributed by atoms with Crippen molar-refractivity contribution >= 4 is 12.4 Å². The van der Waals surface area contributed by atoms with Crippen LogP contribution >= 0.6 is 12.4 Å². The summed E-state index contributed by atoms with van der Waals surface area (Å²) in [5.41, 5.74) is 1.05. The van der Waals surface area contributed by atoms with Crippen LogP contribution in [-0.2, 0) is 6.54 Å². The zero-order valence-electron chi connectivity index (χ0n) is 7.77. The number of hydrogen-bond donors (Lipinski definition) is 0. The highest BCUT2D eigenvalue weighted by Crippen LogP contribution is 2.18. The van der Waals surface area contributed by atoms with Crippen molar-refractivity contribution in [3.8, 4) is 0 Å². The average molecular weight is 203 g/mol. The standard InChI is InChI=1S/C9H14N2O.ClH/c1-8-3-2-5-11(8)7-9-4-6-12-10-9;/h4,6,8H,2-3,5,7H2,1H3;1H. The predicted octanol–water partition coefficient (Wildman–Crippen LogP) is 2.08. The van der Waals surface area contributed by atoms with Crippen molar-refractivity contribution in [3.05, 3.63) is 18.0 Å². The minimum Gasteiger partial charge on any atom is -0.364 e. The Balaban J connectivity index is 0.000000845. The van der Waals surface area contributed by atoms with Gasteiger partial charge in [-0.1, -0.05) is 5.16 Å². The van der Waals surface area contributed by atoms with Gasteiger partial charge in [-0.15, -0.1) is 12.4 Å². The highest BCUT2D eigenvalue weighted by molar-refractivity contribution is 5.85. The molecule has 2 heterocycles. The van der Waals surface area contributed by atoms with Gasteiger partial charge in [0.15, 0.2) is 0 Å². The number of aromatic nitrogens is 1. The van der Waals surface area contributed by atoms with Crippen molar-refractivity contribution in [2.45, 2.75) is 32.4 Å². The topological polar surface area (TPSA) is 29.3 Å². The lowest BCUT2D eigenvalue weighted by molar-refractivity contribution is 0.251. The first kappa shape index (κ1) is 10.5. The predicted molar refractivity (Wildman–Crippen MR) is 52.9 cm³/mol. The van der Waals surface area contributed by atoms with Crippen molar-refractivity contribution in [1.82, 2.24) is 10.1 Å². The second-order valence-electron chi connectivity index (χ2n) is 3.45. The van der Waals surface area contributed by atoms with Crippen LogP contribution < -0.4 is 0 Å². The van der Waals surface area contributed by atoms with Crippen molar-refractivity contribution in [1.29, 1.82) is 0 Å². The summed E-state index contributed by atoms with van der Waals surface area (Å²) in [6, 6.07) is 2.65. The molecule has 3 nitrogen and oxygen atoms in total. The van der Waals surface area contributed by atoms with Gasteiger partial charge in [0.1, 0.15) is 6.26 Å². The Bertz CT molecular complexity index is 238. The number of hydrogen-bond acceptors (Lipinski definition) is 3. The van der Waals surface area contributed by atoms with E-state index in [1.807, 2.05) is 6.07 Å². The van der Waals surface area contributed by atoms with Crippen LogP contribution in [0.25, 0.3) is 0 Å². The van der Waals surface area contributed by atoms with Crippen molar-refractivity contribution in [2.24, 2.45) is 0 Å². The third kappa shape index (κ3) is 2.45. The van der Waals surface area contributed by atoms with Gasteiger partial charge in [0, 0.05) is 18.7 Å². The van der Waals surface area contributed by atoms with Crippen LogP contribution in [0.3, 0.4) is 0 Å². The van der Waals surface area contributed by atoms with E-state index in [4.69, 9.17) is 4.52 Å². The van der Waals surface area contributed by atoms with Crippen molar-refractivity contribution in [3.63, 3.8) is 0 Å². The summed E-state index contributed by atoms with van der Waals surface area (Å²) >= 11 is 0. The maximum atomic E-state index is 4.78. The summed E-state index contributed by atoms with van der Waals surface area (Å²) in [5, 5.41) is 3.90. The zero-order valence-corrected chi connectivity index (χ0v) is 8.59. The monoisotopic (exact) mass is 202 g/mol. The number of likely N-dealkylation sites (tertiary alicyclic amines) is 1. The summed E-state index contributed by atoms with van der Waals surface area (Å²) < 4.78 is 4.78. The van der Waals surface area contributed by atoms with Gasteiger partial charge in [-0.2, -0.15) is 0 Å². The Morgan fingerprint density at radius 1 is 1.69 bits per heavy atom. The van der Waals surface area contributed by atoms with Crippen LogP contribution in [0.4, 0.5) is 0 Å². The first-order valence-corrected chi connectivity index (χ1v) is 4.49. The average Bonchev–Trinajstić information content (AvgIpc) is 2.65. The molecule has 0 amide bonds. The smallest absolute Gasteiger partial charge is 0.124 e. The fourth-order valence-corrected chi connectivity index (χ4v) is 1.75. The van der Waals surface area contributed by atoms with Gasteiger partial charge in [0.2, 0.25) is 0 Å². The van der Waals surface area contributed by atoms with E-state index in [0.717, 1.165) is 12.2 Å². The third-order valence-corrected chi connectivity index (χ3v) is 2.55. The van der Waals surface area contributed by atoms with E-state index < -0.39 is 0 Å². The summed E-state index contributed by atoms with van der Waals surface area (Å²) in [6.45, 7) is 4.42. The van der Waals surface area contributed by atoms with Gasteiger partial charge < -0.3 is 4.52 Å². The van der Waals surface area contributed by atoms with Crippen LogP contribution in [0.15, 0.2) is 16.9 Å². The van der Waals surface area contributed by atoms with E-state index in [9.17, 15) is 0 Å². The van der Waals surface area contributed by atoms with Gasteiger partial charge >= 0.3 is 0 Å². The Morgan fingerprint density at radius 3 is 3.08 bits per heavy atom. The first-order chi connectivity index (χ1) is 5.86. The van der Waals surface area contributed by atoms with Gasteiger partial charge in [-0.05, 0) is 26.3 Å². The molecule has 0 saturated carbocycles. The lowest BCUT2D eigenvalue weighted by atomic mass is 10.2. The van der Waals surface area contributed by atoms with Gasteiger partial charge in [-0.3, -0.25) is 4.90 Å². The Morgan fingerprint density at radius 2 is 2.54 bits per heavy atom. The van der Waals surface area contributed by atoms with E-state index in [1.54, 1.807) is 6.26 Å². The largest absolute Gasteiger partial charge is 0.364 e. The zero-order chi connectivity index (χ0) is 8.39. The molecule has 4 heteroatoms. The second-order valence-corrected chi connectivity index (χ2v) is 3.45. The molecule has 0 aromatic carbocycles. The lowest BCUT2D eigenvalue weighted by Crippen LogP contribution is -2.26. The first-order valence-electron chi connectivity index (χ1n) is 4.49. The van der Waals surface area contributed by atoms with Crippen LogP contribution in [0.5, 0.6) is 0 Å². The minimum atomic E-state index is 0. The SMILES string of the molecule is CC1CCCN1Cc1ccon1.Cl. The third-order valence-electron chi connectivity index (χ3n) is 2.55. The van der Waals surface area contributed by atoms with Gasteiger partial charge in [0.25, 0.3) is 0 Å². The molecule has 1 unspecified atom stereocenters. The normalized spacial score (nSPS) is 23.0. The molecular formula is C9H15ClN2O. The van der Waals surface area contributed by atoms with Gasteiger partial charge in [0.05, 0.1) is 5.69 Å². The van der Waals surface area contributed by atoms with Crippen molar-refractivity contribution < 1.29 is 4.52 Å². The fourth-order valence-electron chi connectivity index (χ4n) is 1.75. The highest BCUT2D eigenvalue weighted by atomic mass is 35.5. The van der Waals surface area contributed by atoms with E-state index in [1.165, 1.54) is 19.4 Å². The summed E-state index contributed by atoms with van der Waals surface area (Å²) in [5.74, 6) is 0. The maximum absolute atomic E-state index is 4.78. The van der Waals surface area contributed by atoms with E-state index in [0.29, 0.717) is 6.04 Å². The summed E-state index contributed by atoms with van der Waals surface area (Å²) in [6.07, 6.45) is 4.27. The fraction of sp³-hybridized carbons (Fsp3) is 0.667. The molecule has 1 fully saturated rings. The van der Waals surface area contributed by atoms with Crippen molar-refractivity contribution in [2.75, 3.05) is 6.54 Å². The molecule has 0 bridgehead atoms. The van der Waals surface area contributed by atoms with E-state index in [-0.39, 0.29) is 12.4 Å². The number of rotatable bonds is 2. The van der Waals surface area contributed by atoms with Gasteiger partial charge in [-0.25, -0.2) is 0 Å². The van der Waals surface area contributed by atoms with Crippen LogP contribution in [-0.4, -0.2) is 22.6 Å². The summed E-state index contributed by atoms with van der Waals surface area (Å²) in [7, 11) is 0. The molecular weight excluding hydrogens is 188 g/mol. The molecule has 74 valence electrons. The van der Waals surface area contributed by atoms with Crippen LogP contribution in [0.2, 0.25) is 0 Å². The lowest BCUT2D eigenvalue weighted by Gasteiger charge is -2.18. The van der Waals surface area contributed by atoms with E-state index in [2.05, 4.69) is 17.0 Å². The number of nitrogens with zero attached hydrogens (tertiary/aromatic N) is 2. The molecule has 13 heavy (non-hydrogen) atoms. The molecule has 1 saturated heterocycles. The Labute approximate surface area is 84.5 Å². The minimum absolute atomic E-state index is 0. The Hall–Kier alpha value is -0.540. The molecule has 1 atom stereocenters. The number of halogens is 1. The highest BCUT2D eigenvalue weighted by Gasteiger charge is 2.20. The molecule has 1 aromatic heterocycles. The molecule has 0 N–H and O–H groups in total. The maximum Gasteiger partial charge on any atom is 0.124 e. The molecule has 2 rings (SSSR count). The summed E-state index contributed by atoms with van der Waals surface area (Å²) in [4.78, 5) is 2.44.